The van der Waals surface area contributed by atoms with Crippen molar-refractivity contribution in [3.63, 3.8) is 0 Å². The zero-order chi connectivity index (χ0) is 73.1. The van der Waals surface area contributed by atoms with Crippen LogP contribution in [0.5, 0.6) is 34.5 Å². The first-order valence-corrected chi connectivity index (χ1v) is 34.0. The van der Waals surface area contributed by atoms with Crippen molar-refractivity contribution in [1.29, 1.82) is 0 Å². The predicted molar refractivity (Wildman–Crippen MR) is 408 cm³/mol. The Morgan fingerprint density at radius 2 is 0.724 bits per heavy atom. The lowest BCUT2D eigenvalue weighted by Gasteiger charge is -2.29. The van der Waals surface area contributed by atoms with E-state index in [1.807, 2.05) is 141 Å². The van der Waals surface area contributed by atoms with Crippen LogP contribution < -0.4 is 43.1 Å². The molecule has 0 N–H and O–H groups in total. The summed E-state index contributed by atoms with van der Waals surface area (Å²) in [7, 11) is 15.6. The first-order valence-electron chi connectivity index (χ1n) is 34.0. The third-order valence-corrected chi connectivity index (χ3v) is 17.8. The molecule has 0 saturated carbocycles. The number of aryl methyl sites for hydroxylation is 3. The molecule has 9 heterocycles. The van der Waals surface area contributed by atoms with Crippen LogP contribution in [0.2, 0.25) is 0 Å². The number of aliphatic imine (C=N–C) groups is 1. The van der Waals surface area contributed by atoms with Gasteiger partial charge in [0, 0.05) is 203 Å². The van der Waals surface area contributed by atoms with E-state index in [-0.39, 0.29) is 5.54 Å². The highest BCUT2D eigenvalue weighted by atomic mass is 16.5. The number of benzene rings is 6. The van der Waals surface area contributed by atoms with Gasteiger partial charge < -0.3 is 57.2 Å². The molecular weight excluding hydrogens is 1330 g/mol. The molecule has 0 fully saturated rings. The molecule has 14 aromatic rings. The molecule has 105 heavy (non-hydrogen) atoms. The quantitative estimate of drug-likeness (QED) is 0.0545. The SMILES string of the molecule is COc1cc(OC)cc(N(CCN2CC(C)(C)N=C2C)c2ccc3ncc(-c4cnn(C)c4)nc3c2)c1.COc1cc(OC)cc(N(CCn2cccc2)c2ccc3ncc(-c4cnn(C)c4)nc3c2)c1.COc1cc(OC)cc(N(CCn2cnnc2)c2ccc3ncc(-c4cnn(C)c4)nc3c2)c1. The molecule has 0 spiro atoms. The van der Waals surface area contributed by atoms with Crippen LogP contribution in [0.25, 0.3) is 66.9 Å². The number of methoxy groups -OCH3 is 6. The van der Waals surface area contributed by atoms with Crippen molar-refractivity contribution in [2.24, 2.45) is 26.1 Å². The minimum atomic E-state index is -0.0741. The average molecular weight is 1410 g/mol. The fraction of sp³-hybridized carbons (Fsp3) is 0.256. The number of fused-ring (bicyclic) bond motifs is 3. The van der Waals surface area contributed by atoms with Crippen LogP contribution in [0.15, 0.2) is 207 Å². The maximum absolute atomic E-state index is 5.58. The Kier molecular flexibility index (Phi) is 21.2. The smallest absolute Gasteiger partial charge is 0.124 e. The number of anilines is 6. The van der Waals surface area contributed by atoms with Gasteiger partial charge in [-0.1, -0.05) is 0 Å². The molecule has 0 atom stereocenters. The summed E-state index contributed by atoms with van der Waals surface area (Å²) < 4.78 is 42.6. The first-order chi connectivity index (χ1) is 51.0. The number of aromatic nitrogens is 16. The van der Waals surface area contributed by atoms with Gasteiger partial charge in [0.05, 0.1) is 141 Å². The van der Waals surface area contributed by atoms with Gasteiger partial charge in [-0.3, -0.25) is 34.0 Å². The van der Waals surface area contributed by atoms with E-state index in [0.29, 0.717) is 24.6 Å². The number of hydrogen-bond acceptors (Lipinski definition) is 22. The summed E-state index contributed by atoms with van der Waals surface area (Å²) in [6.45, 7) is 11.8. The lowest BCUT2D eigenvalue weighted by Crippen LogP contribution is -2.37. The summed E-state index contributed by atoms with van der Waals surface area (Å²) in [5.74, 6) is 5.43. The van der Waals surface area contributed by atoms with Crippen molar-refractivity contribution in [3.05, 3.63) is 202 Å². The lowest BCUT2D eigenvalue weighted by atomic mass is 10.1. The Morgan fingerprint density at radius 3 is 1.03 bits per heavy atom. The Labute approximate surface area is 608 Å². The molecule has 15 rings (SSSR count). The second kappa shape index (κ2) is 31.5. The summed E-state index contributed by atoms with van der Waals surface area (Å²) in [5.41, 5.74) is 15.9. The molecule has 6 aromatic carbocycles. The minimum absolute atomic E-state index is 0.0741. The van der Waals surface area contributed by atoms with Gasteiger partial charge in [-0.25, -0.2) is 15.0 Å². The van der Waals surface area contributed by atoms with E-state index in [1.165, 1.54) is 0 Å². The number of ether oxygens (including phenoxy) is 6. The largest absolute Gasteiger partial charge is 0.497 e. The number of rotatable bonds is 24. The second-order valence-electron chi connectivity index (χ2n) is 25.7. The van der Waals surface area contributed by atoms with E-state index >= 15 is 0 Å². The van der Waals surface area contributed by atoms with Crippen molar-refractivity contribution in [2.45, 2.75) is 39.4 Å². The number of amidine groups is 1. The molecular formula is C78H83N21O6. The summed E-state index contributed by atoms with van der Waals surface area (Å²) >= 11 is 0. The van der Waals surface area contributed by atoms with Gasteiger partial charge in [0.15, 0.2) is 0 Å². The summed E-state index contributed by atoms with van der Waals surface area (Å²) in [6.07, 6.45) is 24.1. The highest BCUT2D eigenvalue weighted by molar-refractivity contribution is 5.86. The van der Waals surface area contributed by atoms with E-state index in [1.54, 1.807) is 107 Å². The van der Waals surface area contributed by atoms with Crippen LogP contribution in [0, 0.1) is 0 Å². The molecule has 8 aromatic heterocycles. The van der Waals surface area contributed by atoms with Gasteiger partial charge in [0.1, 0.15) is 47.2 Å². The highest BCUT2D eigenvalue weighted by Gasteiger charge is 2.29. The first kappa shape index (κ1) is 70.5. The molecule has 1 aliphatic heterocycles. The normalized spacial score (nSPS) is 12.3. The van der Waals surface area contributed by atoms with Crippen molar-refractivity contribution in [3.8, 4) is 68.3 Å². The average Bonchev–Trinajstić information content (AvgIpc) is 1.63. The maximum Gasteiger partial charge on any atom is 0.124 e. The van der Waals surface area contributed by atoms with Gasteiger partial charge in [-0.2, -0.15) is 15.3 Å². The van der Waals surface area contributed by atoms with Crippen LogP contribution in [-0.4, -0.2) is 170 Å². The predicted octanol–water partition coefficient (Wildman–Crippen LogP) is 12.9. The minimum Gasteiger partial charge on any atom is -0.497 e. The third kappa shape index (κ3) is 16.8. The molecule has 27 nitrogen and oxygen atoms in total. The zero-order valence-corrected chi connectivity index (χ0v) is 60.8. The maximum atomic E-state index is 5.58. The van der Waals surface area contributed by atoms with Crippen molar-refractivity contribution in [2.75, 3.05) is 90.1 Å². The van der Waals surface area contributed by atoms with Crippen molar-refractivity contribution >= 4 is 73.1 Å². The van der Waals surface area contributed by atoms with Gasteiger partial charge in [-0.15, -0.1) is 10.2 Å². The molecule has 0 radical (unpaired) electrons. The lowest BCUT2D eigenvalue weighted by molar-refractivity contribution is 0.379. The zero-order valence-electron chi connectivity index (χ0n) is 60.8. The van der Waals surface area contributed by atoms with Crippen molar-refractivity contribution in [1.82, 2.24) is 83.5 Å². The number of hydrogen-bond donors (Lipinski definition) is 0. The van der Waals surface area contributed by atoms with Crippen LogP contribution in [-0.2, 0) is 34.2 Å². The van der Waals surface area contributed by atoms with Gasteiger partial charge >= 0.3 is 0 Å². The van der Waals surface area contributed by atoms with Gasteiger partial charge in [-0.05, 0) is 87.5 Å². The summed E-state index contributed by atoms with van der Waals surface area (Å²) in [5, 5.41) is 20.6. The van der Waals surface area contributed by atoms with Crippen LogP contribution in [0.1, 0.15) is 20.8 Å². The van der Waals surface area contributed by atoms with E-state index in [0.717, 1.165) is 163 Å². The van der Waals surface area contributed by atoms with Crippen LogP contribution in [0.3, 0.4) is 0 Å². The fourth-order valence-corrected chi connectivity index (χ4v) is 12.5. The van der Waals surface area contributed by atoms with Crippen molar-refractivity contribution < 1.29 is 28.4 Å². The third-order valence-electron chi connectivity index (χ3n) is 17.8. The standard InChI is InChI=1S/C28H33N7O2.C26H26N6O2.C24H24N8O2/c1-19-32-28(2,3)18-34(19)9-10-35(22-11-23(36-5)14-24(12-22)37-6)21-7-8-25-26(13-21)31-27(16-29-25)20-15-30-33(4)17-20;1-30-18-19(16-28-30)26-17-27-24-7-6-20(14-25(24)29-26)32(11-10-31-8-4-5-9-31)21-12-22(33-2)15-23(13-21)34-3;1-30-14-17(12-28-30)24-13-25-22-5-4-18(10-23(22)29-24)32(7-6-31-15-26-27-16-31)19-8-20(33-2)11-21(9-19)34-3/h7-8,11-17H,9-10,18H2,1-6H3;4-9,12-18H,10-11H2,1-3H3;4-5,8-16H,6-7H2,1-3H3. The van der Waals surface area contributed by atoms with Crippen LogP contribution >= 0.6 is 0 Å². The van der Waals surface area contributed by atoms with E-state index < -0.39 is 0 Å². The molecule has 27 heteroatoms. The Hall–Kier alpha value is -12.9. The molecule has 0 bridgehead atoms. The van der Waals surface area contributed by atoms with Crippen LogP contribution in [0.4, 0.5) is 34.1 Å². The summed E-state index contributed by atoms with van der Waals surface area (Å²) in [4.78, 5) is 42.4. The number of nitrogens with zero attached hydrogens (tertiary/aromatic N) is 21. The molecule has 0 saturated heterocycles. The Bertz CT molecular complexity index is 5040. The van der Waals surface area contributed by atoms with Gasteiger partial charge in [0.2, 0.25) is 0 Å². The molecule has 1 aliphatic rings. The monoisotopic (exact) mass is 1410 g/mol. The Morgan fingerprint density at radius 1 is 0.390 bits per heavy atom. The van der Waals surface area contributed by atoms with E-state index in [4.69, 9.17) is 48.4 Å². The van der Waals surface area contributed by atoms with Gasteiger partial charge in [0.25, 0.3) is 0 Å². The molecule has 0 unspecified atom stereocenters. The van der Waals surface area contributed by atoms with E-state index in [9.17, 15) is 0 Å². The van der Waals surface area contributed by atoms with E-state index in [2.05, 4.69) is 122 Å². The molecule has 0 aliphatic carbocycles. The summed E-state index contributed by atoms with van der Waals surface area (Å²) in [6, 6.07) is 40.1. The molecule has 536 valence electrons. The Balaban J connectivity index is 0.000000140. The topological polar surface area (TPSA) is 247 Å². The highest BCUT2D eigenvalue weighted by Crippen LogP contribution is 2.39. The molecule has 0 amide bonds. The second-order valence-corrected chi connectivity index (χ2v) is 25.7. The fourth-order valence-electron chi connectivity index (χ4n) is 12.5.